The molecule has 5 heavy (non-hydrogen) atoms. The van der Waals surface area contributed by atoms with Crippen molar-refractivity contribution in [3.63, 3.8) is 0 Å². The minimum Gasteiger partial charge on any atom is -0.196 e. The molecule has 1 atom stereocenters. The summed E-state index contributed by atoms with van der Waals surface area (Å²) in [7, 11) is 0. The second kappa shape index (κ2) is 1.68. The molecule has 0 bridgehead atoms. The molecule has 0 aromatic heterocycles. The Kier molecular flexibility index (Phi) is 1.47. The smallest absolute Gasteiger partial charge is 0.196 e. The predicted molar refractivity (Wildman–Crippen MR) is 11.2 cm³/mol. The first-order valence-electron chi connectivity index (χ1n) is 0.966. The van der Waals surface area contributed by atoms with Crippen LogP contribution in [-0.4, -0.2) is 6.36 Å². The summed E-state index contributed by atoms with van der Waals surface area (Å²) in [5, 5.41) is 16.1. The van der Waals surface area contributed by atoms with Gasteiger partial charge in [0.25, 0.3) is 0 Å². The van der Waals surface area contributed by atoms with E-state index in [1.807, 2.05) is 0 Å². The van der Waals surface area contributed by atoms with Gasteiger partial charge in [-0.1, -0.05) is 0 Å². The van der Waals surface area contributed by atoms with Crippen molar-refractivity contribution in [2.24, 2.45) is 0 Å². The highest BCUT2D eigenvalue weighted by Gasteiger charge is 1.90. The normalized spacial score (nSPS) is 13.0. The van der Waals surface area contributed by atoms with Gasteiger partial charge in [-0.25, -0.2) is 0 Å². The van der Waals surface area contributed by atoms with Crippen LogP contribution in [0.25, 0.3) is 0 Å². The lowest BCUT2D eigenvalue weighted by molar-refractivity contribution is 0.0255. The van der Waals surface area contributed by atoms with Crippen molar-refractivity contribution >= 4 is 0 Å². The first kappa shape index (κ1) is 4.38. The molecule has 1 radical (unpaired) electrons. The van der Waals surface area contributed by atoms with Gasteiger partial charge in [0, 0.05) is 0 Å². The second-order valence-corrected chi connectivity index (χ2v) is 0.445. The standard InChI is InChI=1S/C2HFNO/c3-2(5)1-4/h2H. The van der Waals surface area contributed by atoms with Crippen LogP contribution in [0.1, 0.15) is 0 Å². The number of hydrogen-bond acceptors (Lipinski definition) is 1. The first-order chi connectivity index (χ1) is 2.27. The van der Waals surface area contributed by atoms with E-state index < -0.39 is 6.36 Å². The minimum absolute atomic E-state index is 0.806. The minimum atomic E-state index is -2.56. The van der Waals surface area contributed by atoms with Crippen LogP contribution in [0.3, 0.4) is 0 Å². The molecule has 0 fully saturated rings. The Morgan fingerprint density at radius 3 is 2.20 bits per heavy atom. The monoisotopic (exact) mass is 74.0 g/mol. The quantitative estimate of drug-likeness (QED) is 0.405. The van der Waals surface area contributed by atoms with Crippen LogP contribution in [0.4, 0.5) is 4.39 Å². The van der Waals surface area contributed by atoms with Crippen LogP contribution in [0.2, 0.25) is 0 Å². The molecular formula is C2HFNO. The topological polar surface area (TPSA) is 43.7 Å². The molecule has 0 aliphatic rings. The highest BCUT2D eigenvalue weighted by Crippen LogP contribution is 1.74. The fraction of sp³-hybridized carbons (Fsp3) is 0.500. The van der Waals surface area contributed by atoms with Crippen molar-refractivity contribution in [1.82, 2.24) is 0 Å². The summed E-state index contributed by atoms with van der Waals surface area (Å²) in [6.07, 6.45) is -2.56. The number of nitrogens with zero attached hydrogens (tertiary/aromatic N) is 1. The Balaban J connectivity index is 2.94. The van der Waals surface area contributed by atoms with Crippen LogP contribution >= 0.6 is 0 Å². The largest absolute Gasteiger partial charge is 0.315 e. The van der Waals surface area contributed by atoms with Gasteiger partial charge in [-0.3, -0.25) is 0 Å². The van der Waals surface area contributed by atoms with Crippen molar-refractivity contribution in [1.29, 1.82) is 5.26 Å². The lowest BCUT2D eigenvalue weighted by Gasteiger charge is -1.67. The molecule has 0 aromatic carbocycles. The maximum atomic E-state index is 10.5. The Morgan fingerprint density at radius 2 is 2.20 bits per heavy atom. The van der Waals surface area contributed by atoms with Gasteiger partial charge < -0.3 is 0 Å². The van der Waals surface area contributed by atoms with Crippen LogP contribution in [0.5, 0.6) is 0 Å². The van der Waals surface area contributed by atoms with Gasteiger partial charge in [0.1, 0.15) is 6.07 Å². The van der Waals surface area contributed by atoms with E-state index in [0.717, 1.165) is 6.07 Å². The van der Waals surface area contributed by atoms with E-state index in [1.54, 1.807) is 0 Å². The molecule has 0 aromatic rings. The molecule has 0 saturated heterocycles. The predicted octanol–water partition coefficient (Wildman–Crippen LogP) is 0.236. The molecule has 0 rings (SSSR count). The summed E-state index contributed by atoms with van der Waals surface area (Å²) in [6, 6.07) is 0.806. The molecule has 0 spiro atoms. The van der Waals surface area contributed by atoms with Crippen molar-refractivity contribution in [3.05, 3.63) is 0 Å². The van der Waals surface area contributed by atoms with Crippen LogP contribution in [0.15, 0.2) is 0 Å². The molecule has 0 N–H and O–H groups in total. The molecule has 0 aliphatic carbocycles. The summed E-state index contributed by atoms with van der Waals surface area (Å²) in [5.74, 6) is 0. The third kappa shape index (κ3) is 3.38. The first-order valence-corrected chi connectivity index (χ1v) is 0.966. The van der Waals surface area contributed by atoms with Gasteiger partial charge in [-0.05, 0) is 0 Å². The fourth-order valence-corrected chi connectivity index (χ4v) is 0. The molecule has 0 saturated carbocycles. The van der Waals surface area contributed by atoms with E-state index in [4.69, 9.17) is 10.4 Å². The summed E-state index contributed by atoms with van der Waals surface area (Å²) in [4.78, 5) is 0. The highest BCUT2D eigenvalue weighted by molar-refractivity contribution is 4.70. The Morgan fingerprint density at radius 1 is 2.00 bits per heavy atom. The van der Waals surface area contributed by atoms with Gasteiger partial charge in [-0.2, -0.15) is 14.8 Å². The number of rotatable bonds is 0. The summed E-state index contributed by atoms with van der Waals surface area (Å²) < 4.78 is 10.5. The SMILES string of the molecule is N#CC([O])F. The number of hydrogen-bond donors (Lipinski definition) is 0. The van der Waals surface area contributed by atoms with Gasteiger partial charge in [-0.15, -0.1) is 0 Å². The maximum Gasteiger partial charge on any atom is 0.315 e. The van der Waals surface area contributed by atoms with Gasteiger partial charge in [0.15, 0.2) is 0 Å². The van der Waals surface area contributed by atoms with E-state index in [1.165, 1.54) is 0 Å². The molecule has 0 heterocycles. The molecular weight excluding hydrogens is 73.0 g/mol. The van der Waals surface area contributed by atoms with Crippen LogP contribution in [0, 0.1) is 11.3 Å². The van der Waals surface area contributed by atoms with Crippen molar-refractivity contribution in [2.45, 2.75) is 6.36 Å². The zero-order chi connectivity index (χ0) is 4.28. The average molecular weight is 74.0 g/mol. The third-order valence-corrected chi connectivity index (χ3v) is 0.101. The Hall–Kier alpha value is -0.620. The number of nitriles is 1. The van der Waals surface area contributed by atoms with Crippen molar-refractivity contribution in [2.75, 3.05) is 0 Å². The van der Waals surface area contributed by atoms with Gasteiger partial charge in [0.05, 0.1) is 0 Å². The van der Waals surface area contributed by atoms with Crippen LogP contribution in [-0.2, 0) is 5.11 Å². The third-order valence-electron chi connectivity index (χ3n) is 0.101. The molecule has 3 heteroatoms. The van der Waals surface area contributed by atoms with E-state index in [0.29, 0.717) is 0 Å². The molecule has 27 valence electrons. The Labute approximate surface area is 28.5 Å². The van der Waals surface area contributed by atoms with E-state index in [-0.39, 0.29) is 0 Å². The van der Waals surface area contributed by atoms with Crippen LogP contribution < -0.4 is 0 Å². The molecule has 2 nitrogen and oxygen atoms in total. The summed E-state index contributed by atoms with van der Waals surface area (Å²) >= 11 is 0. The summed E-state index contributed by atoms with van der Waals surface area (Å²) in [5.41, 5.74) is 0. The summed E-state index contributed by atoms with van der Waals surface area (Å²) in [6.45, 7) is 0. The lowest BCUT2D eigenvalue weighted by atomic mass is 10.8. The molecule has 0 aliphatic heterocycles. The number of alkyl halides is 1. The zero-order valence-electron chi connectivity index (χ0n) is 2.31. The molecule has 1 unspecified atom stereocenters. The van der Waals surface area contributed by atoms with Gasteiger partial charge in [0.2, 0.25) is 0 Å². The van der Waals surface area contributed by atoms with E-state index in [2.05, 4.69) is 0 Å². The van der Waals surface area contributed by atoms with Gasteiger partial charge >= 0.3 is 6.36 Å². The fourth-order valence-electron chi connectivity index (χ4n) is 0. The van der Waals surface area contributed by atoms with Crippen molar-refractivity contribution < 1.29 is 9.50 Å². The average Bonchev–Trinajstić information content (AvgIpc) is 1.38. The lowest BCUT2D eigenvalue weighted by Crippen LogP contribution is -1.83. The second-order valence-electron chi connectivity index (χ2n) is 0.445. The van der Waals surface area contributed by atoms with E-state index >= 15 is 0 Å². The van der Waals surface area contributed by atoms with Crippen molar-refractivity contribution in [3.8, 4) is 6.07 Å². The van der Waals surface area contributed by atoms with E-state index in [9.17, 15) is 4.39 Å². The maximum absolute atomic E-state index is 10.5. The zero-order valence-corrected chi connectivity index (χ0v) is 2.31. The highest BCUT2D eigenvalue weighted by atomic mass is 19.1. The molecule has 0 amide bonds. The Bertz CT molecular complexity index is 55.2. The number of halogens is 1.